The first-order valence-electron chi connectivity index (χ1n) is 11.6. The molecule has 2 heterocycles. The highest BCUT2D eigenvalue weighted by Gasteiger charge is 2.40. The van der Waals surface area contributed by atoms with E-state index in [1.807, 2.05) is 30.3 Å². The van der Waals surface area contributed by atoms with Gasteiger partial charge in [-0.15, -0.1) is 0 Å². The summed E-state index contributed by atoms with van der Waals surface area (Å²) in [5.41, 5.74) is 5.27. The van der Waals surface area contributed by atoms with Crippen LogP contribution >= 0.6 is 0 Å². The van der Waals surface area contributed by atoms with Crippen molar-refractivity contribution in [2.45, 2.75) is 50.6 Å². The van der Waals surface area contributed by atoms with Gasteiger partial charge in [0, 0.05) is 36.9 Å². The Balaban J connectivity index is 1.35. The number of anilines is 1. The zero-order chi connectivity index (χ0) is 24.5. The van der Waals surface area contributed by atoms with Gasteiger partial charge >= 0.3 is 0 Å². The second-order valence-corrected chi connectivity index (χ2v) is 9.00. The number of benzene rings is 2. The van der Waals surface area contributed by atoms with Gasteiger partial charge in [0.15, 0.2) is 17.3 Å². The van der Waals surface area contributed by atoms with Gasteiger partial charge in [-0.1, -0.05) is 36.4 Å². The van der Waals surface area contributed by atoms with Gasteiger partial charge in [-0.05, 0) is 36.5 Å². The molecule has 3 aliphatic rings. The van der Waals surface area contributed by atoms with Crippen LogP contribution in [0.15, 0.2) is 53.6 Å². The molecule has 2 N–H and O–H groups in total. The van der Waals surface area contributed by atoms with Crippen LogP contribution in [-0.4, -0.2) is 45.9 Å². The SMILES string of the molecule is O=C1CCC(N2Cc3c(N/N=C4\C(=O)CCC(c5ccccc5)CC4=O)cccc3C2=O)C(=O)N1. The summed E-state index contributed by atoms with van der Waals surface area (Å²) in [4.78, 5) is 63.8. The van der Waals surface area contributed by atoms with E-state index >= 15 is 0 Å². The van der Waals surface area contributed by atoms with Crippen LogP contribution < -0.4 is 10.7 Å². The van der Waals surface area contributed by atoms with Gasteiger partial charge in [-0.3, -0.25) is 34.7 Å². The third-order valence-corrected chi connectivity index (χ3v) is 6.82. The van der Waals surface area contributed by atoms with E-state index in [4.69, 9.17) is 0 Å². The largest absolute Gasteiger partial charge is 0.322 e. The maximum absolute atomic E-state index is 13.0. The summed E-state index contributed by atoms with van der Waals surface area (Å²) in [6, 6.07) is 14.0. The lowest BCUT2D eigenvalue weighted by atomic mass is 9.91. The molecule has 2 fully saturated rings. The molecule has 2 unspecified atom stereocenters. The van der Waals surface area contributed by atoms with E-state index in [9.17, 15) is 24.0 Å². The average Bonchev–Trinajstić information content (AvgIpc) is 3.11. The number of carbonyl (C=O) groups is 5. The number of carbonyl (C=O) groups excluding carboxylic acids is 5. The number of ketones is 2. The molecule has 5 rings (SSSR count). The second-order valence-electron chi connectivity index (χ2n) is 9.00. The highest BCUT2D eigenvalue weighted by molar-refractivity contribution is 6.66. The van der Waals surface area contributed by atoms with Gasteiger partial charge in [0.2, 0.25) is 11.8 Å². The summed E-state index contributed by atoms with van der Waals surface area (Å²) < 4.78 is 0. The highest BCUT2D eigenvalue weighted by atomic mass is 16.2. The van der Waals surface area contributed by atoms with Crippen LogP contribution in [0.3, 0.4) is 0 Å². The second kappa shape index (κ2) is 9.25. The molecule has 9 nitrogen and oxygen atoms in total. The molecular weight excluding hydrogens is 448 g/mol. The van der Waals surface area contributed by atoms with Crippen molar-refractivity contribution >= 4 is 40.7 Å². The molecule has 1 saturated carbocycles. The third-order valence-electron chi connectivity index (χ3n) is 6.82. The standard InChI is InChI=1S/C26H24N4O5/c31-21-11-9-16(15-5-2-1-3-6-15)13-22(32)24(21)29-28-19-8-4-7-17-18(19)14-30(26(17)35)20-10-12-23(33)27-25(20)34/h1-8,16,20,28H,9-14H2,(H,27,33,34)/b29-24+. The summed E-state index contributed by atoms with van der Waals surface area (Å²) >= 11 is 0. The summed E-state index contributed by atoms with van der Waals surface area (Å²) in [5, 5.41) is 6.47. The van der Waals surface area contributed by atoms with Gasteiger partial charge in [-0.25, -0.2) is 0 Å². The molecule has 2 aromatic carbocycles. The van der Waals surface area contributed by atoms with E-state index in [1.165, 1.54) is 4.90 Å². The van der Waals surface area contributed by atoms with Crippen molar-refractivity contribution in [3.8, 4) is 0 Å². The Bertz CT molecular complexity index is 1270. The van der Waals surface area contributed by atoms with Crippen LogP contribution in [0.2, 0.25) is 0 Å². The number of nitrogens with one attached hydrogen (secondary N) is 2. The number of hydrazone groups is 1. The van der Waals surface area contributed by atoms with E-state index < -0.39 is 11.9 Å². The molecule has 0 aromatic heterocycles. The predicted molar refractivity (Wildman–Crippen MR) is 127 cm³/mol. The Morgan fingerprint density at radius 1 is 0.886 bits per heavy atom. The Morgan fingerprint density at radius 3 is 2.46 bits per heavy atom. The van der Waals surface area contributed by atoms with Crippen molar-refractivity contribution in [2.24, 2.45) is 5.10 Å². The molecule has 3 amide bonds. The molecule has 0 bridgehead atoms. The van der Waals surface area contributed by atoms with Crippen LogP contribution in [0.5, 0.6) is 0 Å². The number of rotatable bonds is 4. The monoisotopic (exact) mass is 472 g/mol. The Hall–Kier alpha value is -4.14. The Kier molecular flexibility index (Phi) is 5.98. The molecule has 1 saturated heterocycles. The fourth-order valence-electron chi connectivity index (χ4n) is 4.94. The molecule has 0 spiro atoms. The summed E-state index contributed by atoms with van der Waals surface area (Å²) in [6.07, 6.45) is 1.43. The quantitative estimate of drug-likeness (QED) is 0.400. The van der Waals surface area contributed by atoms with Crippen molar-refractivity contribution in [1.82, 2.24) is 10.2 Å². The normalized spacial score (nSPS) is 23.8. The number of hydrogen-bond acceptors (Lipinski definition) is 7. The predicted octanol–water partition coefficient (Wildman–Crippen LogP) is 2.32. The smallest absolute Gasteiger partial charge is 0.255 e. The molecule has 1 aliphatic carbocycles. The van der Waals surface area contributed by atoms with Gasteiger partial charge in [0.1, 0.15) is 6.04 Å². The van der Waals surface area contributed by atoms with E-state index in [0.717, 1.165) is 5.56 Å². The van der Waals surface area contributed by atoms with Crippen LogP contribution in [0.4, 0.5) is 5.69 Å². The lowest BCUT2D eigenvalue weighted by Gasteiger charge is -2.29. The van der Waals surface area contributed by atoms with Gasteiger partial charge in [0.05, 0.1) is 5.69 Å². The first-order valence-corrected chi connectivity index (χ1v) is 11.6. The molecular formula is C26H24N4O5. The minimum atomic E-state index is -0.730. The molecule has 2 aliphatic heterocycles. The van der Waals surface area contributed by atoms with Crippen LogP contribution in [0, 0.1) is 0 Å². The number of fused-ring (bicyclic) bond motifs is 1. The minimum absolute atomic E-state index is 0.0407. The summed E-state index contributed by atoms with van der Waals surface area (Å²) in [6.45, 7) is 0.159. The lowest BCUT2D eigenvalue weighted by Crippen LogP contribution is -2.52. The van der Waals surface area contributed by atoms with Crippen molar-refractivity contribution in [3.05, 3.63) is 65.2 Å². The molecule has 178 valence electrons. The Labute approximate surface area is 201 Å². The maximum Gasteiger partial charge on any atom is 0.255 e. The number of nitrogens with zero attached hydrogens (tertiary/aromatic N) is 2. The number of imide groups is 1. The first kappa shape index (κ1) is 22.6. The number of Topliss-reactive ketones (excluding diaryl/α,β-unsaturated/α-hetero) is 2. The van der Waals surface area contributed by atoms with Gasteiger partial charge in [0.25, 0.3) is 5.91 Å². The van der Waals surface area contributed by atoms with E-state index in [-0.39, 0.29) is 67.2 Å². The molecule has 9 heteroatoms. The fourth-order valence-corrected chi connectivity index (χ4v) is 4.94. The molecule has 2 atom stereocenters. The van der Waals surface area contributed by atoms with Crippen molar-refractivity contribution in [2.75, 3.05) is 5.43 Å². The molecule has 2 aromatic rings. The maximum atomic E-state index is 13.0. The number of piperidine rings is 1. The lowest BCUT2D eigenvalue weighted by molar-refractivity contribution is -0.137. The van der Waals surface area contributed by atoms with Gasteiger partial charge < -0.3 is 4.90 Å². The van der Waals surface area contributed by atoms with Crippen molar-refractivity contribution in [1.29, 1.82) is 0 Å². The highest BCUT2D eigenvalue weighted by Crippen LogP contribution is 2.33. The molecule has 35 heavy (non-hydrogen) atoms. The zero-order valence-corrected chi connectivity index (χ0v) is 19.0. The van der Waals surface area contributed by atoms with Gasteiger partial charge in [-0.2, -0.15) is 5.10 Å². The van der Waals surface area contributed by atoms with Crippen LogP contribution in [-0.2, 0) is 25.7 Å². The third kappa shape index (κ3) is 4.37. The van der Waals surface area contributed by atoms with E-state index in [0.29, 0.717) is 23.2 Å². The van der Waals surface area contributed by atoms with E-state index in [1.54, 1.807) is 18.2 Å². The summed E-state index contributed by atoms with van der Waals surface area (Å²) in [7, 11) is 0. The number of hydrogen-bond donors (Lipinski definition) is 2. The topological polar surface area (TPSA) is 125 Å². The number of amides is 3. The fraction of sp³-hybridized carbons (Fsp3) is 0.308. The van der Waals surface area contributed by atoms with Crippen LogP contribution in [0.1, 0.15) is 59.5 Å². The summed E-state index contributed by atoms with van der Waals surface area (Å²) in [5.74, 6) is -1.81. The first-order chi connectivity index (χ1) is 16.9. The van der Waals surface area contributed by atoms with Crippen molar-refractivity contribution < 1.29 is 24.0 Å². The van der Waals surface area contributed by atoms with E-state index in [2.05, 4.69) is 15.8 Å². The zero-order valence-electron chi connectivity index (χ0n) is 19.0. The van der Waals surface area contributed by atoms with Crippen molar-refractivity contribution in [3.63, 3.8) is 0 Å². The molecule has 0 radical (unpaired) electrons. The van der Waals surface area contributed by atoms with Crippen LogP contribution in [0.25, 0.3) is 0 Å². The Morgan fingerprint density at radius 2 is 1.69 bits per heavy atom. The average molecular weight is 473 g/mol. The minimum Gasteiger partial charge on any atom is -0.322 e.